The predicted molar refractivity (Wildman–Crippen MR) is 162 cm³/mol. The van der Waals surface area contributed by atoms with E-state index >= 15 is 0 Å². The fraction of sp³-hybridized carbons (Fsp3) is 0.133. The number of hydrogen-bond acceptors (Lipinski definition) is 5. The Morgan fingerprint density at radius 2 is 1.67 bits per heavy atom. The number of carbonyl (C=O) groups is 2. The second kappa shape index (κ2) is 12.0. The Morgan fingerprint density at radius 3 is 2.44 bits per heavy atom. The Labute approximate surface area is 248 Å². The van der Waals surface area contributed by atoms with E-state index in [1.807, 2.05) is 37.3 Å². The number of thioether (sulfide) groups is 1. The maximum atomic E-state index is 13.1. The van der Waals surface area contributed by atoms with Crippen molar-refractivity contribution in [2.24, 2.45) is 0 Å². The Hall–Kier alpha value is -2.97. The van der Waals surface area contributed by atoms with Crippen molar-refractivity contribution >= 4 is 78.9 Å². The van der Waals surface area contributed by atoms with Gasteiger partial charge >= 0.3 is 0 Å². The summed E-state index contributed by atoms with van der Waals surface area (Å²) in [6.45, 7) is 2.66. The number of nitrogens with zero attached hydrogens (tertiary/aromatic N) is 1. The van der Waals surface area contributed by atoms with Crippen molar-refractivity contribution in [1.29, 1.82) is 0 Å². The van der Waals surface area contributed by atoms with Crippen LogP contribution in [-0.2, 0) is 17.9 Å². The van der Waals surface area contributed by atoms with Gasteiger partial charge in [0.1, 0.15) is 6.61 Å². The number of amides is 2. The van der Waals surface area contributed by atoms with Gasteiger partial charge in [-0.05, 0) is 86.9 Å². The minimum absolute atomic E-state index is 0.00461. The van der Waals surface area contributed by atoms with Crippen LogP contribution in [0.25, 0.3) is 16.8 Å². The van der Waals surface area contributed by atoms with E-state index in [4.69, 9.17) is 32.7 Å². The van der Waals surface area contributed by atoms with Crippen LogP contribution in [0.5, 0.6) is 11.5 Å². The molecule has 0 spiro atoms. The van der Waals surface area contributed by atoms with E-state index in [1.165, 1.54) is 0 Å². The van der Waals surface area contributed by atoms with Crippen LogP contribution in [0.3, 0.4) is 0 Å². The van der Waals surface area contributed by atoms with Crippen molar-refractivity contribution in [3.63, 3.8) is 0 Å². The highest BCUT2D eigenvalue weighted by Gasteiger charge is 2.36. The minimum Gasteiger partial charge on any atom is -0.490 e. The molecule has 0 unspecified atom stereocenters. The molecule has 1 fully saturated rings. The molecule has 1 heterocycles. The van der Waals surface area contributed by atoms with Crippen LogP contribution in [-0.4, -0.2) is 22.7 Å². The third-order valence-electron chi connectivity index (χ3n) is 6.13. The summed E-state index contributed by atoms with van der Waals surface area (Å²) < 4.78 is 12.8. The lowest BCUT2D eigenvalue weighted by atomic mass is 10.1. The van der Waals surface area contributed by atoms with Crippen LogP contribution < -0.4 is 9.47 Å². The molecule has 0 radical (unpaired) electrons. The zero-order valence-corrected chi connectivity index (χ0v) is 24.7. The highest BCUT2D eigenvalue weighted by atomic mass is 79.9. The van der Waals surface area contributed by atoms with Gasteiger partial charge < -0.3 is 9.47 Å². The molecule has 0 bridgehead atoms. The zero-order valence-electron chi connectivity index (χ0n) is 20.7. The van der Waals surface area contributed by atoms with Gasteiger partial charge in [-0.3, -0.25) is 14.5 Å². The summed E-state index contributed by atoms with van der Waals surface area (Å²) in [5.41, 5.74) is 2.27. The number of fused-ring (bicyclic) bond motifs is 1. The monoisotopic (exact) mass is 641 g/mol. The molecule has 4 aromatic carbocycles. The van der Waals surface area contributed by atoms with Gasteiger partial charge in [0.25, 0.3) is 11.1 Å². The Bertz CT molecular complexity index is 1600. The van der Waals surface area contributed by atoms with Crippen molar-refractivity contribution in [3.8, 4) is 11.5 Å². The van der Waals surface area contributed by atoms with Crippen LogP contribution >= 0.6 is 50.9 Å². The van der Waals surface area contributed by atoms with E-state index in [-0.39, 0.29) is 11.8 Å². The van der Waals surface area contributed by atoms with Crippen LogP contribution in [0.4, 0.5) is 4.79 Å². The summed E-state index contributed by atoms with van der Waals surface area (Å²) in [4.78, 5) is 27.3. The molecule has 0 saturated carbocycles. The summed E-state index contributed by atoms with van der Waals surface area (Å²) in [5.74, 6) is 0.676. The van der Waals surface area contributed by atoms with E-state index in [9.17, 15) is 9.59 Å². The molecule has 5 nitrogen and oxygen atoms in total. The first-order chi connectivity index (χ1) is 18.9. The molecule has 2 amide bonds. The van der Waals surface area contributed by atoms with Crippen LogP contribution in [0.2, 0.25) is 10.0 Å². The largest absolute Gasteiger partial charge is 0.490 e. The zero-order chi connectivity index (χ0) is 27.5. The fourth-order valence-electron chi connectivity index (χ4n) is 4.27. The van der Waals surface area contributed by atoms with Gasteiger partial charge in [0, 0.05) is 15.6 Å². The van der Waals surface area contributed by atoms with E-state index in [0.717, 1.165) is 33.0 Å². The van der Waals surface area contributed by atoms with Crippen molar-refractivity contribution in [2.45, 2.75) is 20.1 Å². The highest BCUT2D eigenvalue weighted by Crippen LogP contribution is 2.40. The Morgan fingerprint density at radius 1 is 0.949 bits per heavy atom. The summed E-state index contributed by atoms with van der Waals surface area (Å²) in [6, 6.07) is 23.0. The lowest BCUT2D eigenvalue weighted by Crippen LogP contribution is -2.27. The van der Waals surface area contributed by atoms with E-state index in [2.05, 4.69) is 34.1 Å². The maximum absolute atomic E-state index is 13.1. The van der Waals surface area contributed by atoms with Gasteiger partial charge in [-0.15, -0.1) is 0 Å². The standard InChI is InChI=1S/C30H22BrCl2NO4S/c1-2-37-26-14-18(13-23(31)28(26)38-17-20-9-5-8-19-7-3-4-10-21(19)20)15-27-29(35)34(30(36)39-27)16-22-24(32)11-6-12-25(22)33/h3-15H,2,16-17H2,1H3/b27-15+. The van der Waals surface area contributed by atoms with E-state index in [1.54, 1.807) is 30.3 Å². The molecule has 0 atom stereocenters. The molecule has 198 valence electrons. The Kier molecular flexibility index (Phi) is 8.52. The minimum atomic E-state index is -0.411. The molecule has 5 rings (SSSR count). The van der Waals surface area contributed by atoms with Gasteiger partial charge in [-0.25, -0.2) is 0 Å². The molecular weight excluding hydrogens is 621 g/mol. The van der Waals surface area contributed by atoms with Gasteiger partial charge in [-0.1, -0.05) is 71.7 Å². The van der Waals surface area contributed by atoms with E-state index < -0.39 is 5.91 Å². The van der Waals surface area contributed by atoms with Gasteiger partial charge in [-0.2, -0.15) is 0 Å². The summed E-state index contributed by atoms with van der Waals surface area (Å²) >= 11 is 17.0. The van der Waals surface area contributed by atoms with Gasteiger partial charge in [0.15, 0.2) is 11.5 Å². The number of rotatable bonds is 8. The first kappa shape index (κ1) is 27.6. The third-order valence-corrected chi connectivity index (χ3v) is 8.34. The number of carbonyl (C=O) groups excluding carboxylic acids is 2. The van der Waals surface area contributed by atoms with E-state index in [0.29, 0.717) is 55.3 Å². The molecule has 0 aliphatic carbocycles. The summed E-state index contributed by atoms with van der Waals surface area (Å²) in [5, 5.41) is 2.68. The maximum Gasteiger partial charge on any atom is 0.293 e. The lowest BCUT2D eigenvalue weighted by molar-refractivity contribution is -0.123. The normalized spacial score (nSPS) is 14.5. The van der Waals surface area contributed by atoms with Crippen molar-refractivity contribution < 1.29 is 19.1 Å². The number of halogens is 3. The average Bonchev–Trinajstić information content (AvgIpc) is 3.17. The van der Waals surface area contributed by atoms with Crippen LogP contribution in [0.15, 0.2) is 82.2 Å². The molecule has 1 aliphatic rings. The SMILES string of the molecule is CCOc1cc(/C=C2/SC(=O)N(Cc3c(Cl)cccc3Cl)C2=O)cc(Br)c1OCc1cccc2ccccc12. The highest BCUT2D eigenvalue weighted by molar-refractivity contribution is 9.10. The van der Waals surface area contributed by atoms with Crippen molar-refractivity contribution in [1.82, 2.24) is 4.90 Å². The Balaban J connectivity index is 1.39. The molecule has 1 aliphatic heterocycles. The van der Waals surface area contributed by atoms with Gasteiger partial charge in [0.2, 0.25) is 0 Å². The molecule has 0 aromatic heterocycles. The number of hydrogen-bond donors (Lipinski definition) is 0. The van der Waals surface area contributed by atoms with Crippen molar-refractivity contribution in [3.05, 3.63) is 109 Å². The smallest absolute Gasteiger partial charge is 0.293 e. The third kappa shape index (κ3) is 5.97. The lowest BCUT2D eigenvalue weighted by Gasteiger charge is -2.16. The summed E-state index contributed by atoms with van der Waals surface area (Å²) in [6.07, 6.45) is 1.67. The van der Waals surface area contributed by atoms with Crippen LogP contribution in [0.1, 0.15) is 23.6 Å². The number of benzene rings is 4. The molecule has 9 heteroatoms. The molecular formula is C30H22BrCl2NO4S. The van der Waals surface area contributed by atoms with Crippen molar-refractivity contribution in [2.75, 3.05) is 6.61 Å². The molecule has 1 saturated heterocycles. The topological polar surface area (TPSA) is 55.8 Å². The fourth-order valence-corrected chi connectivity index (χ4v) is 6.20. The van der Waals surface area contributed by atoms with Gasteiger partial charge in [0.05, 0.1) is 22.5 Å². The quantitative estimate of drug-likeness (QED) is 0.179. The predicted octanol–water partition coefficient (Wildman–Crippen LogP) is 9.12. The second-order valence-electron chi connectivity index (χ2n) is 8.66. The molecule has 39 heavy (non-hydrogen) atoms. The summed E-state index contributed by atoms with van der Waals surface area (Å²) in [7, 11) is 0. The average molecular weight is 643 g/mol. The molecule has 4 aromatic rings. The second-order valence-corrected chi connectivity index (χ2v) is 11.3. The first-order valence-electron chi connectivity index (χ1n) is 12.1. The first-order valence-corrected chi connectivity index (χ1v) is 14.5. The molecule has 0 N–H and O–H groups in total. The number of ether oxygens (including phenoxy) is 2. The number of imide groups is 1. The van der Waals surface area contributed by atoms with Crippen LogP contribution in [0, 0.1) is 0 Å².